The number of rotatable bonds is 3. The summed E-state index contributed by atoms with van der Waals surface area (Å²) < 4.78 is 41.6. The highest BCUT2D eigenvalue weighted by molar-refractivity contribution is 7.12. The largest absolute Gasteiger partial charge is 0.471 e. The summed E-state index contributed by atoms with van der Waals surface area (Å²) in [6, 6.07) is 7.23. The lowest BCUT2D eigenvalue weighted by molar-refractivity contribution is -0.159. The summed E-state index contributed by atoms with van der Waals surface area (Å²) in [5, 5.41) is 5.02. The van der Waals surface area contributed by atoms with Gasteiger partial charge in [-0.25, -0.2) is 0 Å². The van der Waals surface area contributed by atoms with E-state index >= 15 is 0 Å². The molecule has 0 saturated heterocycles. The summed E-state index contributed by atoms with van der Waals surface area (Å²) in [6.45, 7) is 1.77. The molecule has 0 saturated carbocycles. The van der Waals surface area contributed by atoms with Gasteiger partial charge in [-0.05, 0) is 36.1 Å². The molecule has 0 atom stereocenters. The number of hydrogen-bond donors (Lipinski definition) is 2. The van der Waals surface area contributed by atoms with Crippen molar-refractivity contribution in [3.63, 3.8) is 0 Å². The number of aromatic nitrogens is 2. The number of carbonyl (C=O) groups excluding carboxylic acids is 2. The standard InChI is InChI=1S/C16H11F3N4O3S/c1-8-6-7-27-11(8)14(25)22-21-13(24)10-4-2-9(3-5-10)12-20-15(26-23-12)16(17,18)19/h2-7H,1H3,(H,21,24)(H,22,25). The summed E-state index contributed by atoms with van der Waals surface area (Å²) in [5.41, 5.74) is 5.77. The summed E-state index contributed by atoms with van der Waals surface area (Å²) in [4.78, 5) is 27.8. The van der Waals surface area contributed by atoms with E-state index in [1.165, 1.54) is 35.6 Å². The van der Waals surface area contributed by atoms with Crippen LogP contribution in [0.3, 0.4) is 0 Å². The minimum Gasteiger partial charge on any atom is -0.329 e. The van der Waals surface area contributed by atoms with Crippen molar-refractivity contribution in [1.29, 1.82) is 0 Å². The van der Waals surface area contributed by atoms with Gasteiger partial charge in [0, 0.05) is 11.1 Å². The Hall–Kier alpha value is -3.21. The fraction of sp³-hybridized carbons (Fsp3) is 0.125. The van der Waals surface area contributed by atoms with E-state index in [0.717, 1.165) is 5.56 Å². The molecule has 2 N–H and O–H groups in total. The number of aryl methyl sites for hydroxylation is 1. The van der Waals surface area contributed by atoms with Gasteiger partial charge in [0.1, 0.15) is 0 Å². The van der Waals surface area contributed by atoms with Crippen LogP contribution in [-0.2, 0) is 6.18 Å². The highest BCUT2D eigenvalue weighted by atomic mass is 32.1. The second-order valence-electron chi connectivity index (χ2n) is 5.34. The Morgan fingerprint density at radius 2 is 1.74 bits per heavy atom. The van der Waals surface area contributed by atoms with Gasteiger partial charge >= 0.3 is 12.1 Å². The van der Waals surface area contributed by atoms with Crippen LogP contribution < -0.4 is 10.9 Å². The highest BCUT2D eigenvalue weighted by Gasteiger charge is 2.38. The Balaban J connectivity index is 1.64. The van der Waals surface area contributed by atoms with Crippen molar-refractivity contribution in [2.75, 3.05) is 0 Å². The lowest BCUT2D eigenvalue weighted by Gasteiger charge is -2.07. The first-order valence-corrected chi connectivity index (χ1v) is 8.30. The Morgan fingerprint density at radius 3 is 2.30 bits per heavy atom. The first-order valence-electron chi connectivity index (χ1n) is 7.42. The zero-order valence-corrected chi connectivity index (χ0v) is 14.4. The quantitative estimate of drug-likeness (QED) is 0.663. The summed E-state index contributed by atoms with van der Waals surface area (Å²) in [5.74, 6) is -2.74. The lowest BCUT2D eigenvalue weighted by atomic mass is 10.1. The molecule has 27 heavy (non-hydrogen) atoms. The molecule has 0 aliphatic carbocycles. The average Bonchev–Trinajstić information content (AvgIpc) is 3.28. The number of hydrogen-bond acceptors (Lipinski definition) is 6. The zero-order valence-electron chi connectivity index (χ0n) is 13.6. The fourth-order valence-corrected chi connectivity index (χ4v) is 2.89. The monoisotopic (exact) mass is 396 g/mol. The normalized spacial score (nSPS) is 11.3. The molecule has 0 bridgehead atoms. The predicted molar refractivity (Wildman–Crippen MR) is 88.7 cm³/mol. The van der Waals surface area contributed by atoms with Crippen LogP contribution in [0.2, 0.25) is 0 Å². The molecule has 2 amide bonds. The number of alkyl halides is 3. The van der Waals surface area contributed by atoms with Gasteiger partial charge in [0.2, 0.25) is 5.82 Å². The lowest BCUT2D eigenvalue weighted by Crippen LogP contribution is -2.41. The zero-order chi connectivity index (χ0) is 19.6. The van der Waals surface area contributed by atoms with Crippen LogP contribution in [0.25, 0.3) is 11.4 Å². The van der Waals surface area contributed by atoms with Crippen molar-refractivity contribution in [3.8, 4) is 11.4 Å². The van der Waals surface area contributed by atoms with Crippen molar-refractivity contribution in [2.24, 2.45) is 0 Å². The maximum Gasteiger partial charge on any atom is 0.471 e. The molecule has 7 nitrogen and oxygen atoms in total. The molecule has 0 unspecified atom stereocenters. The topological polar surface area (TPSA) is 97.1 Å². The van der Waals surface area contributed by atoms with Crippen molar-refractivity contribution in [2.45, 2.75) is 13.1 Å². The van der Waals surface area contributed by atoms with Crippen LogP contribution in [-0.4, -0.2) is 22.0 Å². The van der Waals surface area contributed by atoms with Gasteiger partial charge in [-0.3, -0.25) is 20.4 Å². The van der Waals surface area contributed by atoms with Crippen LogP contribution in [0, 0.1) is 6.92 Å². The Morgan fingerprint density at radius 1 is 1.07 bits per heavy atom. The van der Waals surface area contributed by atoms with Crippen molar-refractivity contribution < 1.29 is 27.3 Å². The number of thiophene rings is 1. The maximum atomic E-state index is 12.5. The number of amides is 2. The van der Waals surface area contributed by atoms with Gasteiger partial charge < -0.3 is 4.52 Å². The molecular formula is C16H11F3N4O3S. The smallest absolute Gasteiger partial charge is 0.329 e. The summed E-state index contributed by atoms with van der Waals surface area (Å²) >= 11 is 1.24. The Bertz CT molecular complexity index is 979. The molecule has 3 rings (SSSR count). The Labute approximate surface area is 154 Å². The van der Waals surface area contributed by atoms with E-state index < -0.39 is 23.9 Å². The number of nitrogens with one attached hydrogen (secondary N) is 2. The molecular weight excluding hydrogens is 385 g/mol. The molecule has 0 aliphatic rings. The van der Waals surface area contributed by atoms with E-state index in [1.807, 2.05) is 0 Å². The van der Waals surface area contributed by atoms with Crippen LogP contribution >= 0.6 is 11.3 Å². The average molecular weight is 396 g/mol. The van der Waals surface area contributed by atoms with Crippen LogP contribution in [0.1, 0.15) is 31.5 Å². The second kappa shape index (κ2) is 7.19. The molecule has 0 radical (unpaired) electrons. The Kier molecular flexibility index (Phi) is 4.95. The third-order valence-electron chi connectivity index (χ3n) is 3.43. The minimum absolute atomic E-state index is 0.182. The molecule has 11 heteroatoms. The minimum atomic E-state index is -4.73. The van der Waals surface area contributed by atoms with E-state index in [9.17, 15) is 22.8 Å². The van der Waals surface area contributed by atoms with E-state index in [1.54, 1.807) is 18.4 Å². The molecule has 3 aromatic rings. The van der Waals surface area contributed by atoms with Gasteiger partial charge in [0.05, 0.1) is 4.88 Å². The molecule has 0 aliphatic heterocycles. The van der Waals surface area contributed by atoms with Crippen molar-refractivity contribution in [3.05, 3.63) is 57.6 Å². The van der Waals surface area contributed by atoms with E-state index in [0.29, 0.717) is 4.88 Å². The van der Waals surface area contributed by atoms with Gasteiger partial charge in [0.25, 0.3) is 11.8 Å². The highest BCUT2D eigenvalue weighted by Crippen LogP contribution is 2.29. The van der Waals surface area contributed by atoms with Crippen LogP contribution in [0.5, 0.6) is 0 Å². The molecule has 140 valence electrons. The van der Waals surface area contributed by atoms with Gasteiger partial charge in [-0.2, -0.15) is 18.2 Å². The van der Waals surface area contributed by atoms with Crippen molar-refractivity contribution >= 4 is 23.2 Å². The van der Waals surface area contributed by atoms with Gasteiger partial charge in [-0.15, -0.1) is 11.3 Å². The number of halogens is 3. The second-order valence-corrected chi connectivity index (χ2v) is 6.26. The number of hydrazine groups is 1. The molecule has 2 heterocycles. The molecule has 2 aromatic heterocycles. The number of nitrogens with zero attached hydrogens (tertiary/aromatic N) is 2. The SMILES string of the molecule is Cc1ccsc1C(=O)NNC(=O)c1ccc(-c2noc(C(F)(F)F)n2)cc1. The summed E-state index contributed by atoms with van der Waals surface area (Å²) in [6.07, 6.45) is -4.73. The molecule has 0 spiro atoms. The third kappa shape index (κ3) is 4.14. The fourth-order valence-electron chi connectivity index (χ4n) is 2.07. The molecule has 1 aromatic carbocycles. The van der Waals surface area contributed by atoms with Crippen molar-refractivity contribution in [1.82, 2.24) is 21.0 Å². The number of benzene rings is 1. The maximum absolute atomic E-state index is 12.5. The van der Waals surface area contributed by atoms with Gasteiger partial charge in [-0.1, -0.05) is 17.3 Å². The van der Waals surface area contributed by atoms with E-state index in [-0.39, 0.29) is 17.0 Å². The number of carbonyl (C=O) groups is 2. The molecule has 0 fully saturated rings. The van der Waals surface area contributed by atoms with E-state index in [4.69, 9.17) is 0 Å². The first kappa shape index (κ1) is 18.6. The van der Waals surface area contributed by atoms with Gasteiger partial charge in [0.15, 0.2) is 0 Å². The first-order chi connectivity index (χ1) is 12.8. The van der Waals surface area contributed by atoms with Crippen LogP contribution in [0.4, 0.5) is 13.2 Å². The van der Waals surface area contributed by atoms with Crippen LogP contribution in [0.15, 0.2) is 40.2 Å². The summed E-state index contributed by atoms with van der Waals surface area (Å²) in [7, 11) is 0. The third-order valence-corrected chi connectivity index (χ3v) is 4.45. The predicted octanol–water partition coefficient (Wildman–Crippen LogP) is 3.20. The van der Waals surface area contributed by atoms with E-state index in [2.05, 4.69) is 25.5 Å².